The SMILES string of the molecule is CCC(C)NC(=O)c1cc(C)nc(N2CCN(c3cccc(C)c3)CC2)n1. The predicted molar refractivity (Wildman–Crippen MR) is 110 cm³/mol. The fourth-order valence-electron chi connectivity index (χ4n) is 3.20. The first kappa shape index (κ1) is 19.1. The van der Waals surface area contributed by atoms with Crippen LogP contribution in [0.2, 0.25) is 0 Å². The van der Waals surface area contributed by atoms with E-state index in [9.17, 15) is 4.79 Å². The summed E-state index contributed by atoms with van der Waals surface area (Å²) in [4.78, 5) is 26.1. The van der Waals surface area contributed by atoms with Gasteiger partial charge in [0.2, 0.25) is 5.95 Å². The summed E-state index contributed by atoms with van der Waals surface area (Å²) in [6.45, 7) is 11.6. The minimum absolute atomic E-state index is 0.130. The molecule has 3 rings (SSSR count). The molecule has 1 N–H and O–H groups in total. The normalized spacial score (nSPS) is 15.6. The van der Waals surface area contributed by atoms with Gasteiger partial charge in [0, 0.05) is 43.6 Å². The fourth-order valence-corrected chi connectivity index (χ4v) is 3.20. The molecule has 1 fully saturated rings. The molecule has 27 heavy (non-hydrogen) atoms. The summed E-state index contributed by atoms with van der Waals surface area (Å²) in [5.74, 6) is 0.516. The maximum Gasteiger partial charge on any atom is 0.270 e. The monoisotopic (exact) mass is 367 g/mol. The van der Waals surface area contributed by atoms with Gasteiger partial charge in [-0.2, -0.15) is 0 Å². The predicted octanol–water partition coefficient (Wildman–Crippen LogP) is 2.95. The van der Waals surface area contributed by atoms with Crippen LogP contribution in [-0.4, -0.2) is 48.1 Å². The molecule has 1 atom stereocenters. The van der Waals surface area contributed by atoms with Crippen LogP contribution in [0.4, 0.5) is 11.6 Å². The van der Waals surface area contributed by atoms with Gasteiger partial charge < -0.3 is 15.1 Å². The zero-order chi connectivity index (χ0) is 19.4. The molecule has 6 nitrogen and oxygen atoms in total. The van der Waals surface area contributed by atoms with Gasteiger partial charge in [0.15, 0.2) is 0 Å². The standard InChI is InChI=1S/C21H29N5O/c1-5-16(3)22-20(27)19-14-17(4)23-21(24-19)26-11-9-25(10-12-26)18-8-6-7-15(2)13-18/h6-8,13-14,16H,5,9-12H2,1-4H3,(H,22,27). The maximum absolute atomic E-state index is 12.4. The Balaban J connectivity index is 1.69. The lowest BCUT2D eigenvalue weighted by Crippen LogP contribution is -2.47. The third-order valence-corrected chi connectivity index (χ3v) is 4.99. The van der Waals surface area contributed by atoms with Crippen molar-refractivity contribution in [2.24, 2.45) is 0 Å². The molecule has 1 aliphatic rings. The minimum Gasteiger partial charge on any atom is -0.368 e. The number of piperazine rings is 1. The van der Waals surface area contributed by atoms with E-state index in [1.807, 2.05) is 13.8 Å². The summed E-state index contributed by atoms with van der Waals surface area (Å²) < 4.78 is 0. The van der Waals surface area contributed by atoms with Crippen LogP contribution >= 0.6 is 0 Å². The van der Waals surface area contributed by atoms with E-state index in [0.717, 1.165) is 38.3 Å². The van der Waals surface area contributed by atoms with E-state index in [4.69, 9.17) is 0 Å². The molecule has 0 bridgehead atoms. The van der Waals surface area contributed by atoms with Gasteiger partial charge in [-0.1, -0.05) is 19.1 Å². The molecule has 1 aromatic carbocycles. The summed E-state index contributed by atoms with van der Waals surface area (Å²) in [7, 11) is 0. The van der Waals surface area contributed by atoms with Crippen LogP contribution in [0, 0.1) is 13.8 Å². The molecule has 0 aliphatic carbocycles. The number of aryl methyl sites for hydroxylation is 2. The number of carbonyl (C=O) groups is 1. The van der Waals surface area contributed by atoms with Gasteiger partial charge >= 0.3 is 0 Å². The highest BCUT2D eigenvalue weighted by atomic mass is 16.1. The number of rotatable bonds is 5. The van der Waals surface area contributed by atoms with Gasteiger partial charge in [0.1, 0.15) is 5.69 Å². The van der Waals surface area contributed by atoms with Crippen LogP contribution in [0.3, 0.4) is 0 Å². The lowest BCUT2D eigenvalue weighted by Gasteiger charge is -2.36. The lowest BCUT2D eigenvalue weighted by molar-refractivity contribution is 0.0934. The van der Waals surface area contributed by atoms with Crippen molar-refractivity contribution < 1.29 is 4.79 Å². The number of carbonyl (C=O) groups excluding carboxylic acids is 1. The second-order valence-electron chi connectivity index (χ2n) is 7.29. The molecule has 1 saturated heterocycles. The third kappa shape index (κ3) is 4.76. The van der Waals surface area contributed by atoms with E-state index in [1.165, 1.54) is 11.3 Å². The second kappa shape index (κ2) is 8.37. The van der Waals surface area contributed by atoms with E-state index in [0.29, 0.717) is 11.6 Å². The van der Waals surface area contributed by atoms with E-state index < -0.39 is 0 Å². The van der Waals surface area contributed by atoms with Crippen LogP contribution < -0.4 is 15.1 Å². The maximum atomic E-state index is 12.4. The van der Waals surface area contributed by atoms with Crippen LogP contribution in [0.5, 0.6) is 0 Å². The number of benzene rings is 1. The summed E-state index contributed by atoms with van der Waals surface area (Å²) >= 11 is 0. The number of amides is 1. The van der Waals surface area contributed by atoms with E-state index in [-0.39, 0.29) is 11.9 Å². The van der Waals surface area contributed by atoms with Crippen molar-refractivity contribution in [2.45, 2.75) is 40.2 Å². The number of nitrogens with zero attached hydrogens (tertiary/aromatic N) is 4. The van der Waals surface area contributed by atoms with Gasteiger partial charge in [-0.15, -0.1) is 0 Å². The first-order valence-corrected chi connectivity index (χ1v) is 9.69. The number of anilines is 2. The molecular weight excluding hydrogens is 338 g/mol. The minimum atomic E-state index is -0.130. The Bertz CT molecular complexity index is 799. The molecule has 1 aromatic heterocycles. The third-order valence-electron chi connectivity index (χ3n) is 4.99. The van der Waals surface area contributed by atoms with Crippen molar-refractivity contribution in [3.8, 4) is 0 Å². The molecule has 1 amide bonds. The van der Waals surface area contributed by atoms with Gasteiger partial charge in [0.25, 0.3) is 5.91 Å². The lowest BCUT2D eigenvalue weighted by atomic mass is 10.2. The molecule has 0 radical (unpaired) electrons. The average Bonchev–Trinajstić information content (AvgIpc) is 2.67. The summed E-state index contributed by atoms with van der Waals surface area (Å²) in [5.41, 5.74) is 3.79. The zero-order valence-corrected chi connectivity index (χ0v) is 16.7. The zero-order valence-electron chi connectivity index (χ0n) is 16.7. The number of nitrogens with one attached hydrogen (secondary N) is 1. The molecule has 2 aromatic rings. The van der Waals surface area contributed by atoms with Crippen LogP contribution in [0.25, 0.3) is 0 Å². The van der Waals surface area contributed by atoms with Crippen LogP contribution in [0.1, 0.15) is 42.0 Å². The second-order valence-corrected chi connectivity index (χ2v) is 7.29. The molecular formula is C21H29N5O. The first-order chi connectivity index (χ1) is 13.0. The molecule has 1 aliphatic heterocycles. The molecule has 1 unspecified atom stereocenters. The number of hydrogen-bond donors (Lipinski definition) is 1. The highest BCUT2D eigenvalue weighted by Gasteiger charge is 2.21. The van der Waals surface area contributed by atoms with E-state index in [1.54, 1.807) is 6.07 Å². The van der Waals surface area contributed by atoms with Crippen LogP contribution in [0.15, 0.2) is 30.3 Å². The van der Waals surface area contributed by atoms with Gasteiger partial charge in [-0.3, -0.25) is 4.79 Å². The Kier molecular flexibility index (Phi) is 5.94. The molecule has 0 saturated carbocycles. The van der Waals surface area contributed by atoms with Crippen molar-refractivity contribution in [3.05, 3.63) is 47.3 Å². The van der Waals surface area contributed by atoms with Crippen molar-refractivity contribution in [1.82, 2.24) is 15.3 Å². The summed E-state index contributed by atoms with van der Waals surface area (Å²) in [6.07, 6.45) is 0.892. The average molecular weight is 367 g/mol. The van der Waals surface area contributed by atoms with Gasteiger partial charge in [-0.05, 0) is 51.0 Å². The summed E-state index contributed by atoms with van der Waals surface area (Å²) in [6, 6.07) is 10.5. The molecule has 144 valence electrons. The Morgan fingerprint density at radius 1 is 1.11 bits per heavy atom. The Morgan fingerprint density at radius 3 is 2.48 bits per heavy atom. The Labute approximate surface area is 161 Å². The smallest absolute Gasteiger partial charge is 0.270 e. The van der Waals surface area contributed by atoms with Crippen molar-refractivity contribution in [2.75, 3.05) is 36.0 Å². The van der Waals surface area contributed by atoms with Gasteiger partial charge in [0.05, 0.1) is 0 Å². The Morgan fingerprint density at radius 2 is 1.81 bits per heavy atom. The number of hydrogen-bond acceptors (Lipinski definition) is 5. The van der Waals surface area contributed by atoms with Crippen LogP contribution in [-0.2, 0) is 0 Å². The van der Waals surface area contributed by atoms with Crippen molar-refractivity contribution in [1.29, 1.82) is 0 Å². The van der Waals surface area contributed by atoms with Crippen molar-refractivity contribution in [3.63, 3.8) is 0 Å². The highest BCUT2D eigenvalue weighted by molar-refractivity contribution is 5.92. The summed E-state index contributed by atoms with van der Waals surface area (Å²) in [5, 5.41) is 2.98. The number of aromatic nitrogens is 2. The molecule has 6 heteroatoms. The Hall–Kier alpha value is -2.63. The van der Waals surface area contributed by atoms with E-state index in [2.05, 4.69) is 63.2 Å². The largest absolute Gasteiger partial charge is 0.368 e. The van der Waals surface area contributed by atoms with Gasteiger partial charge in [-0.25, -0.2) is 9.97 Å². The van der Waals surface area contributed by atoms with E-state index >= 15 is 0 Å². The molecule has 2 heterocycles. The topological polar surface area (TPSA) is 61.4 Å². The molecule has 0 spiro atoms. The highest BCUT2D eigenvalue weighted by Crippen LogP contribution is 2.20. The van der Waals surface area contributed by atoms with Crippen molar-refractivity contribution >= 4 is 17.5 Å². The fraction of sp³-hybridized carbons (Fsp3) is 0.476. The first-order valence-electron chi connectivity index (χ1n) is 9.69. The quantitative estimate of drug-likeness (QED) is 0.880.